The number of fused-ring (bicyclic) bond motifs is 1. The van der Waals surface area contributed by atoms with E-state index in [4.69, 9.17) is 15.5 Å². The lowest BCUT2D eigenvalue weighted by Gasteiger charge is -2.04. The third-order valence-electron chi connectivity index (χ3n) is 2.96. The van der Waals surface area contributed by atoms with Crippen molar-refractivity contribution in [2.45, 2.75) is 6.92 Å². The number of aromatic nitrogens is 1. The minimum Gasteiger partial charge on any atom is -0.402 e. The molecule has 0 saturated heterocycles. The molecule has 7 heteroatoms. The van der Waals surface area contributed by atoms with Gasteiger partial charge in [0.15, 0.2) is 5.75 Å². The monoisotopic (exact) mass is 320 g/mol. The molecule has 3 aromatic rings. The number of H-pyrrole nitrogens is 1. The molecule has 0 amide bonds. The zero-order valence-corrected chi connectivity index (χ0v) is 12.8. The number of rotatable bonds is 2. The maximum Gasteiger partial charge on any atom is 0.524 e. The fourth-order valence-electron chi connectivity index (χ4n) is 1.84. The summed E-state index contributed by atoms with van der Waals surface area (Å²) < 4.78 is 15.1. The molecule has 0 bridgehead atoms. The number of hydrogen-bond donors (Lipinski definition) is 4. The van der Waals surface area contributed by atoms with Crippen molar-refractivity contribution in [2.75, 3.05) is 5.73 Å². The number of hydrogen-bond acceptors (Lipinski definition) is 3. The summed E-state index contributed by atoms with van der Waals surface area (Å²) in [7, 11) is -4.48. The van der Waals surface area contributed by atoms with Crippen LogP contribution in [0, 0.1) is 6.92 Å². The molecule has 0 atom stereocenters. The number of aromatic amines is 1. The quantitative estimate of drug-likeness (QED) is 0.428. The third-order valence-corrected chi connectivity index (χ3v) is 3.39. The van der Waals surface area contributed by atoms with Gasteiger partial charge in [0.05, 0.1) is 0 Å². The van der Waals surface area contributed by atoms with Crippen LogP contribution in [0.2, 0.25) is 0 Å². The van der Waals surface area contributed by atoms with Crippen molar-refractivity contribution in [2.24, 2.45) is 0 Å². The van der Waals surface area contributed by atoms with E-state index in [2.05, 4.69) is 9.51 Å². The smallest absolute Gasteiger partial charge is 0.402 e. The fourth-order valence-corrected chi connectivity index (χ4v) is 2.24. The Hall–Kier alpha value is -2.27. The SMILES string of the molecule is Cc1ccccc1N.O=P(O)(O)Oc1c[nH]c2ccccc12. The Labute approximate surface area is 127 Å². The lowest BCUT2D eigenvalue weighted by Crippen LogP contribution is -1.88. The highest BCUT2D eigenvalue weighted by Crippen LogP contribution is 2.40. The van der Waals surface area contributed by atoms with Crippen molar-refractivity contribution >= 4 is 24.4 Å². The second kappa shape index (κ2) is 6.66. The number of phosphoric ester groups is 1. The van der Waals surface area contributed by atoms with Gasteiger partial charge in [0, 0.05) is 22.8 Å². The van der Waals surface area contributed by atoms with Gasteiger partial charge in [-0.25, -0.2) is 4.57 Å². The summed E-state index contributed by atoms with van der Waals surface area (Å²) in [5.41, 5.74) is 8.31. The molecular weight excluding hydrogens is 303 g/mol. The van der Waals surface area contributed by atoms with Crippen molar-refractivity contribution in [3.63, 3.8) is 0 Å². The first-order chi connectivity index (χ1) is 10.4. The highest BCUT2D eigenvalue weighted by atomic mass is 31.2. The van der Waals surface area contributed by atoms with Gasteiger partial charge in [-0.05, 0) is 30.7 Å². The van der Waals surface area contributed by atoms with E-state index in [9.17, 15) is 4.57 Å². The molecule has 22 heavy (non-hydrogen) atoms. The van der Waals surface area contributed by atoms with E-state index in [-0.39, 0.29) is 5.75 Å². The van der Waals surface area contributed by atoms with Crippen LogP contribution in [0.3, 0.4) is 0 Å². The maximum atomic E-state index is 10.6. The van der Waals surface area contributed by atoms with Crippen LogP contribution >= 0.6 is 7.82 Å². The molecule has 0 radical (unpaired) electrons. The highest BCUT2D eigenvalue weighted by Gasteiger charge is 2.18. The number of nitrogens with two attached hydrogens (primary N) is 1. The van der Waals surface area contributed by atoms with E-state index < -0.39 is 7.82 Å². The van der Waals surface area contributed by atoms with Crippen LogP contribution in [0.25, 0.3) is 10.9 Å². The average molecular weight is 320 g/mol. The Balaban J connectivity index is 0.000000188. The Morgan fingerprint density at radius 2 is 1.73 bits per heavy atom. The molecular formula is C15H17N2O4P. The molecule has 1 aromatic heterocycles. The summed E-state index contributed by atoms with van der Waals surface area (Å²) in [5, 5.41) is 0.649. The topological polar surface area (TPSA) is 109 Å². The zero-order chi connectivity index (χ0) is 16.2. The van der Waals surface area contributed by atoms with Crippen LogP contribution in [0.1, 0.15) is 5.56 Å². The second-order valence-corrected chi connectivity index (χ2v) is 5.80. The predicted molar refractivity (Wildman–Crippen MR) is 86.6 cm³/mol. The van der Waals surface area contributed by atoms with Crippen LogP contribution in [0.5, 0.6) is 5.75 Å². The summed E-state index contributed by atoms with van der Waals surface area (Å²) in [5.74, 6) is 0.161. The first-order valence-electron chi connectivity index (χ1n) is 6.49. The molecule has 0 aliphatic rings. The first kappa shape index (κ1) is 16.1. The van der Waals surface area contributed by atoms with Gasteiger partial charge >= 0.3 is 7.82 Å². The van der Waals surface area contributed by atoms with Gasteiger partial charge in [0.25, 0.3) is 0 Å². The number of para-hydroxylation sites is 2. The Morgan fingerprint density at radius 3 is 2.32 bits per heavy atom. The van der Waals surface area contributed by atoms with Crippen LogP contribution in [0.4, 0.5) is 5.69 Å². The minimum atomic E-state index is -4.48. The molecule has 5 N–H and O–H groups in total. The van der Waals surface area contributed by atoms with Crippen molar-refractivity contribution in [3.05, 3.63) is 60.3 Å². The van der Waals surface area contributed by atoms with E-state index >= 15 is 0 Å². The van der Waals surface area contributed by atoms with Gasteiger partial charge in [-0.3, -0.25) is 9.79 Å². The number of aryl methyl sites for hydroxylation is 1. The molecule has 0 spiro atoms. The van der Waals surface area contributed by atoms with Gasteiger partial charge in [0.1, 0.15) is 0 Å². The minimum absolute atomic E-state index is 0.161. The maximum absolute atomic E-state index is 10.6. The molecule has 0 saturated carbocycles. The average Bonchev–Trinajstić information content (AvgIpc) is 2.85. The molecule has 0 unspecified atom stereocenters. The van der Waals surface area contributed by atoms with Crippen LogP contribution in [-0.4, -0.2) is 14.8 Å². The number of phosphoric acid groups is 1. The first-order valence-corrected chi connectivity index (χ1v) is 8.02. The molecule has 0 fully saturated rings. The largest absolute Gasteiger partial charge is 0.524 e. The normalized spacial score (nSPS) is 10.9. The predicted octanol–water partition coefficient (Wildman–Crippen LogP) is 3.22. The van der Waals surface area contributed by atoms with Crippen LogP contribution < -0.4 is 10.3 Å². The number of nitrogens with one attached hydrogen (secondary N) is 1. The number of anilines is 1. The van der Waals surface area contributed by atoms with Crippen molar-refractivity contribution in [3.8, 4) is 5.75 Å². The van der Waals surface area contributed by atoms with E-state index in [1.54, 1.807) is 18.2 Å². The summed E-state index contributed by atoms with van der Waals surface area (Å²) in [6.07, 6.45) is 1.42. The molecule has 1 heterocycles. The summed E-state index contributed by atoms with van der Waals surface area (Å²) in [4.78, 5) is 20.1. The standard InChI is InChI=1S/C8H8NO4P.C7H9N/c10-14(11,12)13-8-5-9-7-4-2-1-3-6(7)8;1-6-4-2-3-5-7(6)8/h1-5,9H,(H2,10,11,12);2-5H,8H2,1H3. The molecule has 3 rings (SSSR count). The number of benzene rings is 2. The van der Waals surface area contributed by atoms with Crippen molar-refractivity contribution in [1.82, 2.24) is 4.98 Å². The number of nitrogen functional groups attached to an aromatic ring is 1. The zero-order valence-electron chi connectivity index (χ0n) is 11.9. The molecule has 0 aliphatic carbocycles. The molecule has 6 nitrogen and oxygen atoms in total. The Kier molecular flexibility index (Phi) is 4.88. The van der Waals surface area contributed by atoms with E-state index in [0.717, 1.165) is 16.8 Å². The fraction of sp³-hybridized carbons (Fsp3) is 0.0667. The van der Waals surface area contributed by atoms with E-state index in [1.165, 1.54) is 6.20 Å². The molecule has 0 aliphatic heterocycles. The van der Waals surface area contributed by atoms with Gasteiger partial charge in [-0.2, -0.15) is 0 Å². The molecule has 2 aromatic carbocycles. The second-order valence-electron chi connectivity index (χ2n) is 4.64. The third kappa shape index (κ3) is 4.36. The van der Waals surface area contributed by atoms with Crippen LogP contribution in [-0.2, 0) is 4.57 Å². The van der Waals surface area contributed by atoms with Gasteiger partial charge in [0.2, 0.25) is 0 Å². The summed E-state index contributed by atoms with van der Waals surface area (Å²) in [6, 6.07) is 14.9. The summed E-state index contributed by atoms with van der Waals surface area (Å²) >= 11 is 0. The van der Waals surface area contributed by atoms with E-state index in [0.29, 0.717) is 5.39 Å². The van der Waals surface area contributed by atoms with E-state index in [1.807, 2.05) is 37.3 Å². The Bertz CT molecular complexity index is 789. The van der Waals surface area contributed by atoms with Gasteiger partial charge in [-0.1, -0.05) is 30.3 Å². The van der Waals surface area contributed by atoms with Gasteiger partial charge < -0.3 is 15.2 Å². The lowest BCUT2D eigenvalue weighted by molar-refractivity contribution is 0.284. The lowest BCUT2D eigenvalue weighted by atomic mass is 10.2. The van der Waals surface area contributed by atoms with Crippen molar-refractivity contribution < 1.29 is 18.9 Å². The van der Waals surface area contributed by atoms with Gasteiger partial charge in [-0.15, -0.1) is 0 Å². The Morgan fingerprint density at radius 1 is 1.09 bits per heavy atom. The highest BCUT2D eigenvalue weighted by molar-refractivity contribution is 7.46. The molecule has 116 valence electrons. The van der Waals surface area contributed by atoms with Crippen molar-refractivity contribution in [1.29, 1.82) is 0 Å². The summed E-state index contributed by atoms with van der Waals surface area (Å²) in [6.45, 7) is 2.00. The van der Waals surface area contributed by atoms with Crippen LogP contribution in [0.15, 0.2) is 54.7 Å².